The fraction of sp³-hybridized carbons (Fsp3) is 0.263. The number of nitrogen functional groups attached to an aromatic ring is 1. The first kappa shape index (κ1) is 19.6. The Morgan fingerprint density at radius 3 is 2.61 bits per heavy atom. The number of carbonyl (C=O) groups is 2. The number of hydrogen-bond donors (Lipinski definition) is 3. The van der Waals surface area contributed by atoms with Crippen LogP contribution in [-0.4, -0.2) is 25.2 Å². The summed E-state index contributed by atoms with van der Waals surface area (Å²) >= 11 is 0. The molecule has 4 N–H and O–H groups in total. The van der Waals surface area contributed by atoms with E-state index in [1.54, 1.807) is 36.4 Å². The Hall–Kier alpha value is -3.13. The molecule has 2 aromatic carbocycles. The van der Waals surface area contributed by atoms with E-state index in [9.17, 15) is 9.59 Å². The van der Waals surface area contributed by atoms with E-state index in [1.165, 1.54) is 0 Å². The summed E-state index contributed by atoms with van der Waals surface area (Å²) in [5.74, 6) is 1.33. The van der Waals surface area contributed by atoms with Crippen LogP contribution in [-0.2, 0) is 9.59 Å². The molecule has 8 nitrogen and oxygen atoms in total. The summed E-state index contributed by atoms with van der Waals surface area (Å²) in [7, 11) is 0. The lowest BCUT2D eigenvalue weighted by molar-refractivity contribution is -0.118. The van der Waals surface area contributed by atoms with Gasteiger partial charge in [0.05, 0.1) is 11.4 Å². The summed E-state index contributed by atoms with van der Waals surface area (Å²) in [6.45, 7) is -0.0726. The van der Waals surface area contributed by atoms with Crippen LogP contribution >= 0.6 is 12.4 Å². The molecule has 148 valence electrons. The molecular formula is C19H20ClN3O5. The molecule has 4 rings (SSSR count). The third kappa shape index (κ3) is 4.58. The van der Waals surface area contributed by atoms with E-state index in [4.69, 9.17) is 19.9 Å². The molecule has 2 aliphatic rings. The molecule has 2 amide bonds. The third-order valence-electron chi connectivity index (χ3n) is 4.24. The van der Waals surface area contributed by atoms with Gasteiger partial charge >= 0.3 is 0 Å². The predicted molar refractivity (Wildman–Crippen MR) is 106 cm³/mol. The molecule has 1 fully saturated rings. The monoisotopic (exact) mass is 405 g/mol. The molecular weight excluding hydrogens is 386 g/mol. The Balaban J connectivity index is 0.00000225. The molecule has 0 radical (unpaired) electrons. The number of fused-ring (bicyclic) bond motifs is 1. The van der Waals surface area contributed by atoms with Crippen molar-refractivity contribution in [2.24, 2.45) is 5.92 Å². The maximum absolute atomic E-state index is 12.2. The topological polar surface area (TPSA) is 112 Å². The normalized spacial score (nSPS) is 14.0. The lowest BCUT2D eigenvalue weighted by Gasteiger charge is -2.11. The van der Waals surface area contributed by atoms with Crippen LogP contribution in [0.1, 0.15) is 12.8 Å². The average Bonchev–Trinajstić information content (AvgIpc) is 3.41. The van der Waals surface area contributed by atoms with Crippen molar-refractivity contribution in [1.82, 2.24) is 0 Å². The van der Waals surface area contributed by atoms with Gasteiger partial charge in [-0.2, -0.15) is 0 Å². The number of nitrogens with two attached hydrogens (primary N) is 1. The van der Waals surface area contributed by atoms with Crippen LogP contribution in [0.2, 0.25) is 0 Å². The molecule has 1 saturated carbocycles. The van der Waals surface area contributed by atoms with Crippen molar-refractivity contribution < 1.29 is 23.8 Å². The van der Waals surface area contributed by atoms with Gasteiger partial charge in [0.25, 0.3) is 5.91 Å². The quantitative estimate of drug-likeness (QED) is 0.637. The Morgan fingerprint density at radius 2 is 1.86 bits per heavy atom. The Kier molecular flexibility index (Phi) is 5.79. The number of halogens is 1. The van der Waals surface area contributed by atoms with Crippen LogP contribution < -0.4 is 30.6 Å². The molecule has 0 saturated heterocycles. The van der Waals surface area contributed by atoms with Gasteiger partial charge in [-0.3, -0.25) is 9.59 Å². The minimum atomic E-state index is -0.368. The van der Waals surface area contributed by atoms with Gasteiger partial charge in [0, 0.05) is 29.8 Å². The molecule has 28 heavy (non-hydrogen) atoms. The standard InChI is InChI=1S/C19H19N3O5.ClH/c20-14-7-16-17(27-10-26-16)8-15(14)22-18(23)9-25-13-3-1-2-12(6-13)21-19(24)11-4-5-11;/h1-3,6-8,11H,4-5,9-10,20H2,(H,21,24)(H,22,23);1H. The van der Waals surface area contributed by atoms with Gasteiger partial charge in [0.2, 0.25) is 12.7 Å². The smallest absolute Gasteiger partial charge is 0.262 e. The van der Waals surface area contributed by atoms with Crippen LogP contribution in [0.15, 0.2) is 36.4 Å². The highest BCUT2D eigenvalue weighted by Gasteiger charge is 2.29. The van der Waals surface area contributed by atoms with E-state index in [-0.39, 0.29) is 43.5 Å². The summed E-state index contributed by atoms with van der Waals surface area (Å²) < 4.78 is 16.0. The number of carbonyl (C=O) groups excluding carboxylic acids is 2. The molecule has 1 heterocycles. The van der Waals surface area contributed by atoms with E-state index >= 15 is 0 Å². The van der Waals surface area contributed by atoms with Crippen molar-refractivity contribution >= 4 is 41.3 Å². The molecule has 1 aliphatic carbocycles. The minimum Gasteiger partial charge on any atom is -0.484 e. The van der Waals surface area contributed by atoms with Crippen LogP contribution in [0.25, 0.3) is 0 Å². The van der Waals surface area contributed by atoms with Crippen LogP contribution in [0, 0.1) is 5.92 Å². The van der Waals surface area contributed by atoms with E-state index in [0.29, 0.717) is 34.3 Å². The molecule has 1 aliphatic heterocycles. The largest absolute Gasteiger partial charge is 0.484 e. The van der Waals surface area contributed by atoms with Crippen LogP contribution in [0.3, 0.4) is 0 Å². The molecule has 0 spiro atoms. The van der Waals surface area contributed by atoms with Gasteiger partial charge < -0.3 is 30.6 Å². The summed E-state index contributed by atoms with van der Waals surface area (Å²) in [5.41, 5.74) is 7.36. The lowest BCUT2D eigenvalue weighted by atomic mass is 10.2. The van der Waals surface area contributed by atoms with Crippen molar-refractivity contribution in [3.63, 3.8) is 0 Å². The van der Waals surface area contributed by atoms with Crippen LogP contribution in [0.4, 0.5) is 17.1 Å². The molecule has 9 heteroatoms. The van der Waals surface area contributed by atoms with Crippen molar-refractivity contribution in [2.75, 3.05) is 29.8 Å². The van der Waals surface area contributed by atoms with Crippen molar-refractivity contribution in [1.29, 1.82) is 0 Å². The van der Waals surface area contributed by atoms with E-state index in [2.05, 4.69) is 10.6 Å². The van der Waals surface area contributed by atoms with Crippen LogP contribution in [0.5, 0.6) is 17.2 Å². The minimum absolute atomic E-state index is 0. The van der Waals surface area contributed by atoms with E-state index in [0.717, 1.165) is 12.8 Å². The summed E-state index contributed by atoms with van der Waals surface area (Å²) in [6.07, 6.45) is 1.87. The number of amides is 2. The maximum Gasteiger partial charge on any atom is 0.262 e. The second-order valence-corrected chi connectivity index (χ2v) is 6.42. The Bertz CT molecular complexity index is 901. The molecule has 0 atom stereocenters. The van der Waals surface area contributed by atoms with Gasteiger partial charge in [0.1, 0.15) is 5.75 Å². The molecule has 2 aromatic rings. The average molecular weight is 406 g/mol. The van der Waals surface area contributed by atoms with Gasteiger partial charge in [-0.1, -0.05) is 6.07 Å². The first-order valence-electron chi connectivity index (χ1n) is 8.61. The zero-order chi connectivity index (χ0) is 18.8. The number of nitrogens with one attached hydrogen (secondary N) is 2. The maximum atomic E-state index is 12.2. The van der Waals surface area contributed by atoms with Crippen molar-refractivity contribution in [2.45, 2.75) is 12.8 Å². The molecule has 0 bridgehead atoms. The Morgan fingerprint density at radius 1 is 1.11 bits per heavy atom. The highest BCUT2D eigenvalue weighted by Crippen LogP contribution is 2.38. The zero-order valence-corrected chi connectivity index (χ0v) is 15.7. The van der Waals surface area contributed by atoms with Crippen molar-refractivity contribution in [3.8, 4) is 17.2 Å². The first-order valence-corrected chi connectivity index (χ1v) is 8.61. The zero-order valence-electron chi connectivity index (χ0n) is 14.9. The number of ether oxygens (including phenoxy) is 3. The van der Waals surface area contributed by atoms with Gasteiger partial charge in [0.15, 0.2) is 18.1 Å². The van der Waals surface area contributed by atoms with E-state index in [1.807, 2.05) is 0 Å². The second kappa shape index (κ2) is 8.26. The third-order valence-corrected chi connectivity index (χ3v) is 4.24. The van der Waals surface area contributed by atoms with Gasteiger partial charge in [-0.25, -0.2) is 0 Å². The fourth-order valence-corrected chi connectivity index (χ4v) is 2.65. The predicted octanol–water partition coefficient (Wildman–Crippen LogP) is 2.79. The second-order valence-electron chi connectivity index (χ2n) is 6.42. The van der Waals surface area contributed by atoms with Gasteiger partial charge in [-0.15, -0.1) is 12.4 Å². The number of hydrogen-bond acceptors (Lipinski definition) is 6. The lowest BCUT2D eigenvalue weighted by Crippen LogP contribution is -2.21. The van der Waals surface area contributed by atoms with Gasteiger partial charge in [-0.05, 0) is 25.0 Å². The number of anilines is 3. The molecule has 0 aromatic heterocycles. The number of rotatable bonds is 6. The highest BCUT2D eigenvalue weighted by molar-refractivity contribution is 5.96. The SMILES string of the molecule is Cl.Nc1cc2c(cc1NC(=O)COc1cccc(NC(=O)C3CC3)c1)OCO2. The van der Waals surface area contributed by atoms with Crippen molar-refractivity contribution in [3.05, 3.63) is 36.4 Å². The first-order chi connectivity index (χ1) is 13.1. The summed E-state index contributed by atoms with van der Waals surface area (Å²) in [5, 5.41) is 5.53. The van der Waals surface area contributed by atoms with E-state index < -0.39 is 0 Å². The Labute approximate surface area is 167 Å². The fourth-order valence-electron chi connectivity index (χ4n) is 2.65. The molecule has 0 unspecified atom stereocenters. The summed E-state index contributed by atoms with van der Waals surface area (Å²) in [4.78, 5) is 24.0. The summed E-state index contributed by atoms with van der Waals surface area (Å²) in [6, 6.07) is 10.2. The highest BCUT2D eigenvalue weighted by atomic mass is 35.5. The number of benzene rings is 2.